The van der Waals surface area contributed by atoms with Crippen LogP contribution in [0.15, 0.2) is 64.9 Å². The average molecular weight is 429 g/mol. The predicted molar refractivity (Wildman–Crippen MR) is 116 cm³/mol. The summed E-state index contributed by atoms with van der Waals surface area (Å²) in [5, 5.41) is 14.1. The summed E-state index contributed by atoms with van der Waals surface area (Å²) in [7, 11) is 1.54. The predicted octanol–water partition coefficient (Wildman–Crippen LogP) is 4.14. The summed E-state index contributed by atoms with van der Waals surface area (Å²) in [5.74, 6) is -0.556. The molecular weight excluding hydrogens is 408 g/mol. The van der Waals surface area contributed by atoms with Crippen LogP contribution in [0.3, 0.4) is 0 Å². The van der Waals surface area contributed by atoms with Gasteiger partial charge >= 0.3 is 0 Å². The van der Waals surface area contributed by atoms with E-state index in [0.717, 1.165) is 6.42 Å². The number of hydrogen-bond acceptors (Lipinski definition) is 6. The number of thiophene rings is 1. The van der Waals surface area contributed by atoms with E-state index < -0.39 is 0 Å². The standard InChI is InChI=1S/C21H20N2O4S2/c1-23(21(25)16-6-2-3-7-19(16)28)17-13-14(8-9-18(17)27-26)20(24)22-11-10-15-5-4-12-29-15/h2-9,12-13,26,28H,10-11H2,1H3,(H,22,24). The topological polar surface area (TPSA) is 78.9 Å². The van der Waals surface area contributed by atoms with Crippen LogP contribution in [0.4, 0.5) is 5.69 Å². The third-order valence-electron chi connectivity index (χ3n) is 4.36. The van der Waals surface area contributed by atoms with E-state index in [1.54, 1.807) is 42.6 Å². The molecule has 3 rings (SSSR count). The molecule has 2 amide bonds. The van der Waals surface area contributed by atoms with Gasteiger partial charge < -0.3 is 15.1 Å². The van der Waals surface area contributed by atoms with Crippen LogP contribution in [0.5, 0.6) is 5.75 Å². The van der Waals surface area contributed by atoms with Crippen LogP contribution < -0.4 is 15.1 Å². The zero-order valence-corrected chi connectivity index (χ0v) is 17.4. The Kier molecular flexibility index (Phi) is 6.92. The molecule has 0 unspecified atom stereocenters. The van der Waals surface area contributed by atoms with Gasteiger partial charge in [-0.1, -0.05) is 18.2 Å². The fraction of sp³-hybridized carbons (Fsp3) is 0.143. The van der Waals surface area contributed by atoms with Crippen LogP contribution >= 0.6 is 24.0 Å². The van der Waals surface area contributed by atoms with Crippen LogP contribution in [0.25, 0.3) is 0 Å². The number of amides is 2. The first-order chi connectivity index (χ1) is 14.0. The lowest BCUT2D eigenvalue weighted by Crippen LogP contribution is -2.28. The highest BCUT2D eigenvalue weighted by atomic mass is 32.1. The second-order valence-corrected chi connectivity index (χ2v) is 7.75. The highest BCUT2D eigenvalue weighted by molar-refractivity contribution is 7.80. The Morgan fingerprint density at radius 1 is 1.17 bits per heavy atom. The van der Waals surface area contributed by atoms with Gasteiger partial charge in [0.1, 0.15) is 0 Å². The molecule has 1 heterocycles. The average Bonchev–Trinajstić information content (AvgIpc) is 3.26. The lowest BCUT2D eigenvalue weighted by molar-refractivity contribution is -0.137. The van der Waals surface area contributed by atoms with Crippen molar-refractivity contribution in [3.05, 3.63) is 76.0 Å². The van der Waals surface area contributed by atoms with Gasteiger partial charge in [0.05, 0.1) is 11.3 Å². The van der Waals surface area contributed by atoms with Gasteiger partial charge in [-0.3, -0.25) is 9.59 Å². The summed E-state index contributed by atoms with van der Waals surface area (Å²) in [4.78, 5) is 32.8. The number of thiol groups is 1. The molecule has 1 aromatic heterocycles. The van der Waals surface area contributed by atoms with Crippen molar-refractivity contribution in [2.45, 2.75) is 11.3 Å². The molecule has 0 saturated carbocycles. The van der Waals surface area contributed by atoms with E-state index in [-0.39, 0.29) is 23.3 Å². The third-order valence-corrected chi connectivity index (χ3v) is 5.68. The summed E-state index contributed by atoms with van der Waals surface area (Å²) in [6, 6.07) is 15.3. The minimum atomic E-state index is -0.343. The molecule has 0 aliphatic rings. The van der Waals surface area contributed by atoms with E-state index in [9.17, 15) is 14.8 Å². The Morgan fingerprint density at radius 3 is 2.66 bits per heavy atom. The van der Waals surface area contributed by atoms with Crippen molar-refractivity contribution in [3.63, 3.8) is 0 Å². The van der Waals surface area contributed by atoms with E-state index in [2.05, 4.69) is 22.8 Å². The van der Waals surface area contributed by atoms with Crippen LogP contribution in [-0.4, -0.2) is 30.7 Å². The minimum Gasteiger partial charge on any atom is -0.352 e. The minimum absolute atomic E-state index is 0.0626. The number of nitrogens with one attached hydrogen (secondary N) is 1. The lowest BCUT2D eigenvalue weighted by Gasteiger charge is -2.20. The third kappa shape index (κ3) is 4.97. The van der Waals surface area contributed by atoms with Crippen LogP contribution in [0.2, 0.25) is 0 Å². The van der Waals surface area contributed by atoms with Gasteiger partial charge in [0.15, 0.2) is 5.75 Å². The number of carbonyl (C=O) groups excluding carboxylic acids is 2. The van der Waals surface area contributed by atoms with Gasteiger partial charge in [-0.2, -0.15) is 0 Å². The molecule has 0 spiro atoms. The smallest absolute Gasteiger partial charge is 0.259 e. The molecule has 3 aromatic rings. The Morgan fingerprint density at radius 2 is 1.97 bits per heavy atom. The van der Waals surface area contributed by atoms with Crippen LogP contribution in [-0.2, 0) is 6.42 Å². The zero-order valence-electron chi connectivity index (χ0n) is 15.7. The molecule has 29 heavy (non-hydrogen) atoms. The Labute approximate surface area is 178 Å². The fourth-order valence-electron chi connectivity index (χ4n) is 2.80. The largest absolute Gasteiger partial charge is 0.352 e. The van der Waals surface area contributed by atoms with E-state index in [0.29, 0.717) is 22.6 Å². The van der Waals surface area contributed by atoms with E-state index >= 15 is 0 Å². The maximum atomic E-state index is 12.9. The molecule has 0 atom stereocenters. The Hall–Kier alpha value is -2.81. The molecule has 8 heteroatoms. The van der Waals surface area contributed by atoms with Crippen molar-refractivity contribution >= 4 is 41.5 Å². The molecular formula is C21H20N2O4S2. The van der Waals surface area contributed by atoms with Crippen molar-refractivity contribution < 1.29 is 19.7 Å². The Bertz CT molecular complexity index is 1010. The summed E-state index contributed by atoms with van der Waals surface area (Å²) in [6.07, 6.45) is 0.741. The maximum absolute atomic E-state index is 12.9. The molecule has 0 saturated heterocycles. The molecule has 2 aromatic carbocycles. The summed E-state index contributed by atoms with van der Waals surface area (Å²) in [5.41, 5.74) is 1.01. The molecule has 150 valence electrons. The first-order valence-electron chi connectivity index (χ1n) is 8.83. The van der Waals surface area contributed by atoms with Crippen molar-refractivity contribution in [2.24, 2.45) is 0 Å². The number of anilines is 1. The Balaban J connectivity index is 1.78. The van der Waals surface area contributed by atoms with E-state index in [1.165, 1.54) is 28.0 Å². The summed E-state index contributed by atoms with van der Waals surface area (Å²) in [6.45, 7) is 0.495. The molecule has 0 aliphatic heterocycles. The fourth-order valence-corrected chi connectivity index (χ4v) is 3.76. The number of benzene rings is 2. The zero-order chi connectivity index (χ0) is 20.8. The number of hydrogen-bond donors (Lipinski definition) is 3. The van der Waals surface area contributed by atoms with E-state index in [1.807, 2.05) is 17.5 Å². The second kappa shape index (κ2) is 9.60. The lowest BCUT2D eigenvalue weighted by atomic mass is 10.1. The quantitative estimate of drug-likeness (QED) is 0.300. The van der Waals surface area contributed by atoms with Gasteiger partial charge in [-0.05, 0) is 48.2 Å². The van der Waals surface area contributed by atoms with Crippen molar-refractivity contribution in [3.8, 4) is 5.75 Å². The van der Waals surface area contributed by atoms with Crippen molar-refractivity contribution in [1.82, 2.24) is 5.32 Å². The molecule has 0 aliphatic carbocycles. The SMILES string of the molecule is CN(C(=O)c1ccccc1S)c1cc(C(=O)NCCc2cccs2)ccc1OO. The van der Waals surface area contributed by atoms with Crippen LogP contribution in [0, 0.1) is 0 Å². The highest BCUT2D eigenvalue weighted by Gasteiger charge is 2.21. The van der Waals surface area contributed by atoms with Gasteiger partial charge in [0, 0.05) is 28.9 Å². The van der Waals surface area contributed by atoms with Gasteiger partial charge in [0.2, 0.25) is 0 Å². The highest BCUT2D eigenvalue weighted by Crippen LogP contribution is 2.30. The second-order valence-electron chi connectivity index (χ2n) is 6.24. The number of carbonyl (C=O) groups is 2. The van der Waals surface area contributed by atoms with Gasteiger partial charge in [0.25, 0.3) is 11.8 Å². The maximum Gasteiger partial charge on any atom is 0.259 e. The van der Waals surface area contributed by atoms with Crippen molar-refractivity contribution in [2.75, 3.05) is 18.5 Å². The van der Waals surface area contributed by atoms with Crippen molar-refractivity contribution in [1.29, 1.82) is 0 Å². The molecule has 2 N–H and O–H groups in total. The molecule has 0 radical (unpaired) electrons. The number of rotatable bonds is 7. The van der Waals surface area contributed by atoms with E-state index in [4.69, 9.17) is 0 Å². The van der Waals surface area contributed by atoms with Crippen LogP contribution in [0.1, 0.15) is 25.6 Å². The van der Waals surface area contributed by atoms with Gasteiger partial charge in [-0.15, -0.1) is 24.0 Å². The number of nitrogens with zero attached hydrogens (tertiary/aromatic N) is 1. The van der Waals surface area contributed by atoms with Gasteiger partial charge in [-0.25, -0.2) is 5.26 Å². The molecule has 0 bridgehead atoms. The molecule has 0 fully saturated rings. The summed E-state index contributed by atoms with van der Waals surface area (Å²) >= 11 is 5.96. The first-order valence-corrected chi connectivity index (χ1v) is 10.2. The first kappa shape index (κ1) is 20.9. The summed E-state index contributed by atoms with van der Waals surface area (Å²) < 4.78 is 0. The molecule has 6 nitrogen and oxygen atoms in total. The monoisotopic (exact) mass is 428 g/mol. The normalized spacial score (nSPS) is 10.4.